The van der Waals surface area contributed by atoms with Crippen LogP contribution in [-0.2, 0) is 23.1 Å². The number of aromatic nitrogens is 3. The summed E-state index contributed by atoms with van der Waals surface area (Å²) in [4.78, 5) is -0.0350. The third-order valence-electron chi connectivity index (χ3n) is 3.35. The van der Waals surface area contributed by atoms with E-state index in [0.29, 0.717) is 24.6 Å². The summed E-state index contributed by atoms with van der Waals surface area (Å²) >= 11 is 0. The summed E-state index contributed by atoms with van der Waals surface area (Å²) in [6.07, 6.45) is 1.57. The van der Waals surface area contributed by atoms with Crippen LogP contribution in [0.15, 0.2) is 29.4 Å². The standard InChI is InChI=1S/C12H12N6O2S/c13-6-9-5-10(14)1-2-11(9)21(19,20)18-4-3-17-8-15-16-12(17)7-18/h1-2,5,8H,3-4,7,14H2. The molecule has 0 fully saturated rings. The van der Waals surface area contributed by atoms with Gasteiger partial charge in [-0.25, -0.2) is 8.42 Å². The van der Waals surface area contributed by atoms with Gasteiger partial charge in [0.1, 0.15) is 23.1 Å². The van der Waals surface area contributed by atoms with Crippen LogP contribution >= 0.6 is 0 Å². The largest absolute Gasteiger partial charge is 0.399 e. The zero-order chi connectivity index (χ0) is 15.0. The Morgan fingerprint density at radius 3 is 2.90 bits per heavy atom. The molecule has 0 aliphatic carbocycles. The highest BCUT2D eigenvalue weighted by Gasteiger charge is 2.31. The van der Waals surface area contributed by atoms with Crippen LogP contribution in [0.1, 0.15) is 11.4 Å². The molecule has 0 radical (unpaired) electrons. The molecule has 0 atom stereocenters. The van der Waals surface area contributed by atoms with Crippen molar-refractivity contribution >= 4 is 15.7 Å². The number of anilines is 1. The molecule has 1 aromatic carbocycles. The van der Waals surface area contributed by atoms with Gasteiger partial charge < -0.3 is 10.3 Å². The van der Waals surface area contributed by atoms with E-state index in [1.807, 2.05) is 6.07 Å². The minimum Gasteiger partial charge on any atom is -0.399 e. The minimum absolute atomic E-state index is 0.0350. The van der Waals surface area contributed by atoms with Crippen LogP contribution in [-0.4, -0.2) is 34.0 Å². The van der Waals surface area contributed by atoms with Gasteiger partial charge in [0, 0.05) is 18.8 Å². The highest BCUT2D eigenvalue weighted by atomic mass is 32.2. The average Bonchev–Trinajstić information content (AvgIpc) is 2.94. The Morgan fingerprint density at radius 1 is 1.33 bits per heavy atom. The third kappa shape index (κ3) is 2.24. The minimum atomic E-state index is -3.77. The molecule has 0 saturated carbocycles. The molecule has 0 saturated heterocycles. The lowest BCUT2D eigenvalue weighted by Crippen LogP contribution is -2.38. The van der Waals surface area contributed by atoms with E-state index in [9.17, 15) is 8.42 Å². The number of nitrogens with zero attached hydrogens (tertiary/aromatic N) is 5. The van der Waals surface area contributed by atoms with Crippen molar-refractivity contribution in [2.24, 2.45) is 0 Å². The van der Waals surface area contributed by atoms with E-state index in [0.717, 1.165) is 0 Å². The van der Waals surface area contributed by atoms with E-state index in [-0.39, 0.29) is 17.0 Å². The zero-order valence-corrected chi connectivity index (χ0v) is 11.8. The van der Waals surface area contributed by atoms with Gasteiger partial charge in [-0.1, -0.05) is 0 Å². The lowest BCUT2D eigenvalue weighted by Gasteiger charge is -2.26. The first kappa shape index (κ1) is 13.5. The molecule has 2 N–H and O–H groups in total. The number of nitrogens with two attached hydrogens (primary N) is 1. The number of nitrogen functional groups attached to an aromatic ring is 1. The predicted octanol–water partition coefficient (Wildman–Crippen LogP) is -0.0635. The monoisotopic (exact) mass is 304 g/mol. The average molecular weight is 304 g/mol. The van der Waals surface area contributed by atoms with Gasteiger partial charge in [0.05, 0.1) is 12.1 Å². The summed E-state index contributed by atoms with van der Waals surface area (Å²) in [6.45, 7) is 0.929. The SMILES string of the molecule is N#Cc1cc(N)ccc1S(=O)(=O)N1CCn2cnnc2C1. The Kier molecular flexibility index (Phi) is 3.12. The number of fused-ring (bicyclic) bond motifs is 1. The number of benzene rings is 1. The quantitative estimate of drug-likeness (QED) is 0.776. The van der Waals surface area contributed by atoms with Crippen LogP contribution in [0.2, 0.25) is 0 Å². The van der Waals surface area contributed by atoms with Gasteiger partial charge in [-0.2, -0.15) is 9.57 Å². The Bertz CT molecular complexity index is 836. The van der Waals surface area contributed by atoms with Gasteiger partial charge >= 0.3 is 0 Å². The predicted molar refractivity (Wildman–Crippen MR) is 73.2 cm³/mol. The zero-order valence-electron chi connectivity index (χ0n) is 11.0. The topological polar surface area (TPSA) is 118 Å². The molecule has 3 rings (SSSR count). The van der Waals surface area contributed by atoms with Crippen molar-refractivity contribution in [2.75, 3.05) is 12.3 Å². The molecule has 108 valence electrons. The van der Waals surface area contributed by atoms with Crippen molar-refractivity contribution in [3.05, 3.63) is 35.9 Å². The molecule has 9 heteroatoms. The third-order valence-corrected chi connectivity index (χ3v) is 5.25. The Labute approximate surface area is 121 Å². The fourth-order valence-electron chi connectivity index (χ4n) is 2.25. The summed E-state index contributed by atoms with van der Waals surface area (Å²) < 4.78 is 28.5. The molecule has 21 heavy (non-hydrogen) atoms. The van der Waals surface area contributed by atoms with Crippen LogP contribution in [0.3, 0.4) is 0 Å². The number of sulfonamides is 1. The fourth-order valence-corrected chi connectivity index (χ4v) is 3.76. The lowest BCUT2D eigenvalue weighted by atomic mass is 10.2. The molecule has 0 amide bonds. The lowest BCUT2D eigenvalue weighted by molar-refractivity contribution is 0.335. The van der Waals surface area contributed by atoms with Gasteiger partial charge in [0.15, 0.2) is 0 Å². The second-order valence-corrected chi connectivity index (χ2v) is 6.55. The van der Waals surface area contributed by atoms with E-state index < -0.39 is 10.0 Å². The first-order valence-corrected chi connectivity index (χ1v) is 7.63. The van der Waals surface area contributed by atoms with Crippen molar-refractivity contribution in [3.63, 3.8) is 0 Å². The van der Waals surface area contributed by atoms with E-state index in [2.05, 4.69) is 10.2 Å². The van der Waals surface area contributed by atoms with E-state index in [1.54, 1.807) is 10.9 Å². The highest BCUT2D eigenvalue weighted by Crippen LogP contribution is 2.24. The molecule has 0 spiro atoms. The highest BCUT2D eigenvalue weighted by molar-refractivity contribution is 7.89. The van der Waals surface area contributed by atoms with E-state index in [1.165, 1.54) is 22.5 Å². The van der Waals surface area contributed by atoms with Crippen LogP contribution in [0.25, 0.3) is 0 Å². The Hall–Kier alpha value is -2.44. The first-order valence-electron chi connectivity index (χ1n) is 6.19. The molecule has 8 nitrogen and oxygen atoms in total. The fraction of sp³-hybridized carbons (Fsp3) is 0.250. The van der Waals surface area contributed by atoms with Gasteiger partial charge in [-0.3, -0.25) is 0 Å². The summed E-state index contributed by atoms with van der Waals surface area (Å²) in [5.74, 6) is 0.582. The maximum absolute atomic E-state index is 12.7. The van der Waals surface area contributed by atoms with Crippen LogP contribution in [0.5, 0.6) is 0 Å². The molecule has 1 aromatic heterocycles. The molecular weight excluding hydrogens is 292 g/mol. The Balaban J connectivity index is 2.01. The normalized spacial score (nSPS) is 15.4. The van der Waals surface area contributed by atoms with Gasteiger partial charge in [-0.15, -0.1) is 10.2 Å². The maximum Gasteiger partial charge on any atom is 0.244 e. The summed E-state index contributed by atoms with van der Waals surface area (Å²) in [5, 5.41) is 16.8. The van der Waals surface area contributed by atoms with Crippen molar-refractivity contribution in [1.82, 2.24) is 19.1 Å². The molecule has 1 aliphatic rings. The number of hydrogen-bond acceptors (Lipinski definition) is 6. The first-order chi connectivity index (χ1) is 10.0. The molecule has 1 aliphatic heterocycles. The maximum atomic E-state index is 12.7. The Morgan fingerprint density at radius 2 is 2.14 bits per heavy atom. The van der Waals surface area contributed by atoms with Crippen LogP contribution in [0, 0.1) is 11.3 Å². The second kappa shape index (κ2) is 4.83. The molecule has 2 heterocycles. The smallest absolute Gasteiger partial charge is 0.244 e. The second-order valence-electron chi connectivity index (χ2n) is 4.65. The molecular formula is C12H12N6O2S. The summed E-state index contributed by atoms with van der Waals surface area (Å²) in [7, 11) is -3.77. The van der Waals surface area contributed by atoms with Crippen LogP contribution < -0.4 is 5.73 Å². The van der Waals surface area contributed by atoms with Crippen molar-refractivity contribution < 1.29 is 8.42 Å². The molecule has 0 bridgehead atoms. The summed E-state index contributed by atoms with van der Waals surface area (Å²) in [6, 6.07) is 6.07. The molecule has 2 aromatic rings. The summed E-state index contributed by atoms with van der Waals surface area (Å²) in [5.41, 5.74) is 5.99. The van der Waals surface area contributed by atoms with Crippen molar-refractivity contribution in [3.8, 4) is 6.07 Å². The number of hydrogen-bond donors (Lipinski definition) is 1. The number of rotatable bonds is 2. The van der Waals surface area contributed by atoms with Gasteiger partial charge in [0.25, 0.3) is 0 Å². The van der Waals surface area contributed by atoms with Gasteiger partial charge in [-0.05, 0) is 18.2 Å². The van der Waals surface area contributed by atoms with Gasteiger partial charge in [0.2, 0.25) is 10.0 Å². The van der Waals surface area contributed by atoms with Crippen molar-refractivity contribution in [1.29, 1.82) is 5.26 Å². The van der Waals surface area contributed by atoms with Crippen molar-refractivity contribution in [2.45, 2.75) is 18.0 Å². The number of nitriles is 1. The molecule has 0 unspecified atom stereocenters. The van der Waals surface area contributed by atoms with Crippen LogP contribution in [0.4, 0.5) is 5.69 Å². The van der Waals surface area contributed by atoms with E-state index in [4.69, 9.17) is 11.0 Å². The van der Waals surface area contributed by atoms with E-state index >= 15 is 0 Å².